The van der Waals surface area contributed by atoms with Gasteiger partial charge in [-0.2, -0.15) is 0 Å². The van der Waals surface area contributed by atoms with Crippen LogP contribution in [0.3, 0.4) is 0 Å². The summed E-state index contributed by atoms with van der Waals surface area (Å²) in [4.78, 5) is 25.5. The molecule has 126 valence electrons. The Kier molecular flexibility index (Phi) is 3.76. The van der Waals surface area contributed by atoms with Gasteiger partial charge in [0.25, 0.3) is 5.91 Å². The van der Waals surface area contributed by atoms with Crippen LogP contribution in [0.15, 0.2) is 24.8 Å². The van der Waals surface area contributed by atoms with Crippen LogP contribution in [0.25, 0.3) is 0 Å². The van der Waals surface area contributed by atoms with Gasteiger partial charge < -0.3 is 9.80 Å². The van der Waals surface area contributed by atoms with Crippen LogP contribution in [-0.4, -0.2) is 73.9 Å². The maximum atomic E-state index is 12.8. The fourth-order valence-corrected chi connectivity index (χ4v) is 3.28. The van der Waals surface area contributed by atoms with Gasteiger partial charge in [-0.25, -0.2) is 14.6 Å². The van der Waals surface area contributed by atoms with Crippen molar-refractivity contribution in [2.75, 3.05) is 27.2 Å². The number of carbonyl (C=O) groups excluding carboxylic acids is 1. The molecule has 0 radical (unpaired) electrons. The van der Waals surface area contributed by atoms with Crippen molar-refractivity contribution in [1.82, 2.24) is 34.8 Å². The molecule has 2 fully saturated rings. The fraction of sp³-hybridized carbons (Fsp3) is 0.562. The molecule has 2 aromatic rings. The molecule has 1 amide bonds. The third-order valence-electron chi connectivity index (χ3n) is 4.85. The number of aromatic nitrogens is 5. The van der Waals surface area contributed by atoms with Crippen molar-refractivity contribution in [3.63, 3.8) is 0 Å². The standard InChI is InChI=1S/C16H21N7O/c1-21(2)13-9-22(10-14(13)23-6-5-19-20-23)16(24)12-7-17-15(18-8-12)11-3-4-11/h5-8,11,13-14H,3-4,9-10H2,1-2H3/t13-,14+/m1/s1. The van der Waals surface area contributed by atoms with Crippen molar-refractivity contribution in [3.8, 4) is 0 Å². The summed E-state index contributed by atoms with van der Waals surface area (Å²) in [6.07, 6.45) is 9.16. The Hall–Kier alpha value is -2.35. The summed E-state index contributed by atoms with van der Waals surface area (Å²) in [6.45, 7) is 1.26. The Morgan fingerprint density at radius 2 is 1.96 bits per heavy atom. The predicted octanol–water partition coefficient (Wildman–Crippen LogP) is 0.573. The zero-order chi connectivity index (χ0) is 16.7. The molecule has 8 heteroatoms. The maximum absolute atomic E-state index is 12.8. The van der Waals surface area contributed by atoms with E-state index in [0.717, 1.165) is 18.7 Å². The first kappa shape index (κ1) is 15.2. The highest BCUT2D eigenvalue weighted by atomic mass is 16.2. The third kappa shape index (κ3) is 2.77. The molecule has 2 aliphatic rings. The highest BCUT2D eigenvalue weighted by Gasteiger charge is 2.38. The average Bonchev–Trinajstić information content (AvgIpc) is 3.11. The minimum Gasteiger partial charge on any atom is -0.335 e. The van der Waals surface area contributed by atoms with E-state index in [1.807, 2.05) is 29.9 Å². The second kappa shape index (κ2) is 5.94. The molecule has 0 N–H and O–H groups in total. The van der Waals surface area contributed by atoms with E-state index in [-0.39, 0.29) is 18.0 Å². The van der Waals surface area contributed by atoms with E-state index in [0.29, 0.717) is 24.6 Å². The molecule has 0 spiro atoms. The average molecular weight is 327 g/mol. The van der Waals surface area contributed by atoms with Crippen molar-refractivity contribution in [3.05, 3.63) is 36.2 Å². The Labute approximate surface area is 140 Å². The summed E-state index contributed by atoms with van der Waals surface area (Å²) in [5.41, 5.74) is 0.552. The Morgan fingerprint density at radius 1 is 1.21 bits per heavy atom. The van der Waals surface area contributed by atoms with Gasteiger partial charge in [-0.1, -0.05) is 5.21 Å². The zero-order valence-electron chi connectivity index (χ0n) is 13.9. The number of amides is 1. The summed E-state index contributed by atoms with van der Waals surface area (Å²) in [6, 6.07) is 0.292. The lowest BCUT2D eigenvalue weighted by Gasteiger charge is -2.24. The number of likely N-dealkylation sites (N-methyl/N-ethyl adjacent to an activating group) is 1. The molecule has 0 bridgehead atoms. The number of hydrogen-bond acceptors (Lipinski definition) is 6. The minimum absolute atomic E-state index is 0.0215. The number of nitrogens with zero attached hydrogens (tertiary/aromatic N) is 7. The van der Waals surface area contributed by atoms with E-state index in [1.54, 1.807) is 18.6 Å². The molecule has 1 saturated carbocycles. The molecule has 0 aromatic carbocycles. The van der Waals surface area contributed by atoms with E-state index in [9.17, 15) is 4.79 Å². The second-order valence-corrected chi connectivity index (χ2v) is 6.80. The normalized spacial score (nSPS) is 23.9. The molecule has 3 heterocycles. The largest absolute Gasteiger partial charge is 0.335 e. The first-order valence-electron chi connectivity index (χ1n) is 8.27. The molecule has 24 heavy (non-hydrogen) atoms. The van der Waals surface area contributed by atoms with E-state index in [4.69, 9.17) is 0 Å². The summed E-state index contributed by atoms with van der Waals surface area (Å²) in [7, 11) is 4.05. The highest BCUT2D eigenvalue weighted by Crippen LogP contribution is 2.37. The summed E-state index contributed by atoms with van der Waals surface area (Å²) in [5, 5.41) is 8.00. The zero-order valence-corrected chi connectivity index (χ0v) is 13.9. The van der Waals surface area contributed by atoms with Crippen LogP contribution in [0, 0.1) is 0 Å². The topological polar surface area (TPSA) is 80.0 Å². The summed E-state index contributed by atoms with van der Waals surface area (Å²) in [5.74, 6) is 1.34. The molecular weight excluding hydrogens is 306 g/mol. The lowest BCUT2D eigenvalue weighted by molar-refractivity contribution is 0.0780. The van der Waals surface area contributed by atoms with Gasteiger partial charge >= 0.3 is 0 Å². The highest BCUT2D eigenvalue weighted by molar-refractivity contribution is 5.93. The fourth-order valence-electron chi connectivity index (χ4n) is 3.28. The van der Waals surface area contributed by atoms with Gasteiger partial charge in [-0.15, -0.1) is 5.10 Å². The Balaban J connectivity index is 1.52. The Morgan fingerprint density at radius 3 is 2.54 bits per heavy atom. The number of likely N-dealkylation sites (tertiary alicyclic amines) is 1. The number of hydrogen-bond donors (Lipinski definition) is 0. The minimum atomic E-state index is -0.0215. The van der Waals surface area contributed by atoms with E-state index in [2.05, 4.69) is 25.2 Å². The van der Waals surface area contributed by atoms with Crippen molar-refractivity contribution in [2.45, 2.75) is 30.8 Å². The number of carbonyl (C=O) groups is 1. The van der Waals surface area contributed by atoms with Gasteiger partial charge in [0.1, 0.15) is 5.82 Å². The van der Waals surface area contributed by atoms with E-state index < -0.39 is 0 Å². The van der Waals surface area contributed by atoms with Crippen LogP contribution < -0.4 is 0 Å². The van der Waals surface area contributed by atoms with E-state index >= 15 is 0 Å². The smallest absolute Gasteiger partial charge is 0.257 e. The van der Waals surface area contributed by atoms with Crippen LogP contribution in [0.2, 0.25) is 0 Å². The van der Waals surface area contributed by atoms with Crippen molar-refractivity contribution >= 4 is 5.91 Å². The van der Waals surface area contributed by atoms with Gasteiger partial charge in [-0.3, -0.25) is 4.79 Å². The van der Waals surface area contributed by atoms with Crippen LogP contribution in [0.4, 0.5) is 0 Å². The van der Waals surface area contributed by atoms with Crippen LogP contribution in [-0.2, 0) is 0 Å². The monoisotopic (exact) mass is 327 g/mol. The van der Waals surface area contributed by atoms with Crippen molar-refractivity contribution in [2.24, 2.45) is 0 Å². The first-order valence-corrected chi connectivity index (χ1v) is 8.27. The van der Waals surface area contributed by atoms with Gasteiger partial charge in [0.05, 0.1) is 23.8 Å². The molecule has 1 saturated heterocycles. The summed E-state index contributed by atoms with van der Waals surface area (Å²) >= 11 is 0. The van der Waals surface area contributed by atoms with Gasteiger partial charge in [-0.05, 0) is 26.9 Å². The van der Waals surface area contributed by atoms with Crippen molar-refractivity contribution in [1.29, 1.82) is 0 Å². The molecule has 2 aromatic heterocycles. The van der Waals surface area contributed by atoms with Crippen LogP contribution in [0.5, 0.6) is 0 Å². The lowest BCUT2D eigenvalue weighted by Crippen LogP contribution is -2.37. The van der Waals surface area contributed by atoms with Gasteiger partial charge in [0, 0.05) is 37.6 Å². The van der Waals surface area contributed by atoms with Gasteiger partial charge in [0.15, 0.2) is 0 Å². The van der Waals surface area contributed by atoms with Crippen molar-refractivity contribution < 1.29 is 4.79 Å². The summed E-state index contributed by atoms with van der Waals surface area (Å²) < 4.78 is 1.84. The SMILES string of the molecule is CN(C)[C@@H]1CN(C(=O)c2cnc(C3CC3)nc2)C[C@@H]1n1ccnn1. The second-order valence-electron chi connectivity index (χ2n) is 6.80. The first-order chi connectivity index (χ1) is 11.6. The maximum Gasteiger partial charge on any atom is 0.257 e. The molecule has 0 unspecified atom stereocenters. The molecule has 1 aliphatic heterocycles. The van der Waals surface area contributed by atoms with Gasteiger partial charge in [0.2, 0.25) is 0 Å². The molecule has 4 rings (SSSR count). The van der Waals surface area contributed by atoms with Crippen LogP contribution in [0.1, 0.15) is 41.0 Å². The molecular formula is C16H21N7O. The third-order valence-corrected chi connectivity index (χ3v) is 4.85. The molecule has 2 atom stereocenters. The van der Waals surface area contributed by atoms with E-state index in [1.165, 1.54) is 0 Å². The lowest BCUT2D eigenvalue weighted by atomic mass is 10.1. The number of rotatable bonds is 4. The van der Waals surface area contributed by atoms with Crippen LogP contribution >= 0.6 is 0 Å². The Bertz CT molecular complexity index is 709. The molecule has 8 nitrogen and oxygen atoms in total. The predicted molar refractivity (Wildman–Crippen MR) is 86.4 cm³/mol. The quantitative estimate of drug-likeness (QED) is 0.817. The molecule has 1 aliphatic carbocycles.